The maximum Gasteiger partial charge on any atom is 0.243 e. The minimum Gasteiger partial charge on any atom is -0.497 e. The van der Waals surface area contributed by atoms with Crippen LogP contribution >= 0.6 is 0 Å². The molecule has 1 aliphatic heterocycles. The summed E-state index contributed by atoms with van der Waals surface area (Å²) in [5, 5.41) is 6.67. The molecule has 0 spiro atoms. The Kier molecular flexibility index (Phi) is 7.70. The zero-order chi connectivity index (χ0) is 21.4. The molecule has 1 saturated heterocycles. The lowest BCUT2D eigenvalue weighted by Gasteiger charge is -2.31. The van der Waals surface area contributed by atoms with Crippen LogP contribution in [-0.4, -0.2) is 52.5 Å². The van der Waals surface area contributed by atoms with Crippen LogP contribution in [0.2, 0.25) is 0 Å². The minimum atomic E-state index is -3.40. The van der Waals surface area contributed by atoms with Gasteiger partial charge in [0.2, 0.25) is 10.0 Å². The maximum atomic E-state index is 12.7. The second-order valence-corrected chi connectivity index (χ2v) is 9.25. The molecule has 2 aromatic rings. The van der Waals surface area contributed by atoms with Gasteiger partial charge in [-0.1, -0.05) is 30.3 Å². The summed E-state index contributed by atoms with van der Waals surface area (Å²) in [6, 6.07) is 16.6. The average Bonchev–Trinajstić information content (AvgIpc) is 2.80. The van der Waals surface area contributed by atoms with E-state index >= 15 is 0 Å². The van der Waals surface area contributed by atoms with Gasteiger partial charge in [-0.25, -0.2) is 8.42 Å². The number of nitrogens with one attached hydrogen (secondary N) is 2. The van der Waals surface area contributed by atoms with E-state index in [0.29, 0.717) is 30.4 Å². The Morgan fingerprint density at radius 3 is 2.33 bits per heavy atom. The standard InChI is InChI=1S/C22H30N4O3S/c1-23-22(24-16-18-8-10-20(29-2)11-9-18)25-17-19-12-14-26(15-13-19)30(27,28)21-6-4-3-5-7-21/h3-11,19H,12-17H2,1-2H3,(H2,23,24,25). The zero-order valence-electron chi connectivity index (χ0n) is 17.5. The molecule has 0 aromatic heterocycles. The van der Waals surface area contributed by atoms with Crippen molar-refractivity contribution in [2.45, 2.75) is 24.3 Å². The molecule has 30 heavy (non-hydrogen) atoms. The fraction of sp³-hybridized carbons (Fsp3) is 0.409. The number of hydrogen-bond donors (Lipinski definition) is 2. The minimum absolute atomic E-state index is 0.365. The molecule has 2 aromatic carbocycles. The third-order valence-electron chi connectivity index (χ3n) is 5.36. The molecule has 0 radical (unpaired) electrons. The van der Waals surface area contributed by atoms with Gasteiger partial charge in [0.1, 0.15) is 5.75 Å². The van der Waals surface area contributed by atoms with E-state index < -0.39 is 10.0 Å². The van der Waals surface area contributed by atoms with Crippen LogP contribution in [0, 0.1) is 5.92 Å². The van der Waals surface area contributed by atoms with Gasteiger partial charge >= 0.3 is 0 Å². The summed E-state index contributed by atoms with van der Waals surface area (Å²) >= 11 is 0. The SMILES string of the molecule is CN=C(NCc1ccc(OC)cc1)NCC1CCN(S(=O)(=O)c2ccccc2)CC1. The third kappa shape index (κ3) is 5.73. The van der Waals surface area contributed by atoms with Gasteiger partial charge in [0.15, 0.2) is 5.96 Å². The van der Waals surface area contributed by atoms with Crippen molar-refractivity contribution in [1.29, 1.82) is 0 Å². The van der Waals surface area contributed by atoms with Crippen LogP contribution in [0.3, 0.4) is 0 Å². The Hall–Kier alpha value is -2.58. The highest BCUT2D eigenvalue weighted by Crippen LogP contribution is 2.23. The zero-order valence-corrected chi connectivity index (χ0v) is 18.4. The van der Waals surface area contributed by atoms with Gasteiger partial charge in [0, 0.05) is 33.2 Å². The number of rotatable bonds is 7. The van der Waals surface area contributed by atoms with Crippen molar-refractivity contribution >= 4 is 16.0 Å². The number of benzene rings is 2. The van der Waals surface area contributed by atoms with E-state index in [1.54, 1.807) is 42.7 Å². The number of nitrogens with zero attached hydrogens (tertiary/aromatic N) is 2. The summed E-state index contributed by atoms with van der Waals surface area (Å²) in [5.41, 5.74) is 1.14. The van der Waals surface area contributed by atoms with Gasteiger partial charge in [0.05, 0.1) is 12.0 Å². The Labute approximate surface area is 179 Å². The van der Waals surface area contributed by atoms with Crippen LogP contribution < -0.4 is 15.4 Å². The number of piperidine rings is 1. The van der Waals surface area contributed by atoms with Gasteiger partial charge < -0.3 is 15.4 Å². The van der Waals surface area contributed by atoms with E-state index in [4.69, 9.17) is 4.74 Å². The van der Waals surface area contributed by atoms with Crippen molar-refractivity contribution < 1.29 is 13.2 Å². The lowest BCUT2D eigenvalue weighted by Crippen LogP contribution is -2.44. The van der Waals surface area contributed by atoms with Crippen LogP contribution in [0.4, 0.5) is 0 Å². The van der Waals surface area contributed by atoms with Gasteiger partial charge in [-0.3, -0.25) is 4.99 Å². The van der Waals surface area contributed by atoms with Crippen molar-refractivity contribution in [1.82, 2.24) is 14.9 Å². The van der Waals surface area contributed by atoms with E-state index in [1.165, 1.54) is 0 Å². The molecule has 0 unspecified atom stereocenters. The first-order valence-electron chi connectivity index (χ1n) is 10.2. The molecule has 1 heterocycles. The van der Waals surface area contributed by atoms with Crippen molar-refractivity contribution in [2.24, 2.45) is 10.9 Å². The summed E-state index contributed by atoms with van der Waals surface area (Å²) in [4.78, 5) is 4.64. The monoisotopic (exact) mass is 430 g/mol. The molecular formula is C22H30N4O3S. The van der Waals surface area contributed by atoms with Crippen LogP contribution in [0.1, 0.15) is 18.4 Å². The first-order chi connectivity index (χ1) is 14.5. The molecule has 0 amide bonds. The first kappa shape index (κ1) is 22.1. The van der Waals surface area contributed by atoms with E-state index in [-0.39, 0.29) is 0 Å². The Balaban J connectivity index is 1.44. The van der Waals surface area contributed by atoms with Gasteiger partial charge in [-0.2, -0.15) is 4.31 Å². The molecule has 0 bridgehead atoms. The number of guanidine groups is 1. The molecule has 7 nitrogen and oxygen atoms in total. The van der Waals surface area contributed by atoms with Crippen molar-refractivity contribution in [3.8, 4) is 5.75 Å². The molecule has 1 fully saturated rings. The molecule has 0 aliphatic carbocycles. The summed E-state index contributed by atoms with van der Waals surface area (Å²) in [6.45, 7) is 2.52. The van der Waals surface area contributed by atoms with Gasteiger partial charge in [-0.15, -0.1) is 0 Å². The number of aliphatic imine (C=N–C) groups is 1. The van der Waals surface area contributed by atoms with E-state index in [0.717, 1.165) is 36.7 Å². The van der Waals surface area contributed by atoms with Gasteiger partial charge in [-0.05, 0) is 48.6 Å². The quantitative estimate of drug-likeness (QED) is 0.521. The summed E-state index contributed by atoms with van der Waals surface area (Å²) in [5.74, 6) is 1.98. The highest BCUT2D eigenvalue weighted by molar-refractivity contribution is 7.89. The van der Waals surface area contributed by atoms with Crippen LogP contribution in [0.15, 0.2) is 64.5 Å². The molecule has 0 atom stereocenters. The van der Waals surface area contributed by atoms with Crippen LogP contribution in [-0.2, 0) is 16.6 Å². The van der Waals surface area contributed by atoms with Gasteiger partial charge in [0.25, 0.3) is 0 Å². The summed E-state index contributed by atoms with van der Waals surface area (Å²) < 4.78 is 32.3. The highest BCUT2D eigenvalue weighted by Gasteiger charge is 2.29. The topological polar surface area (TPSA) is 83.0 Å². The highest BCUT2D eigenvalue weighted by atomic mass is 32.2. The molecule has 162 valence electrons. The predicted molar refractivity (Wildman–Crippen MR) is 119 cm³/mol. The average molecular weight is 431 g/mol. The van der Waals surface area contributed by atoms with Crippen LogP contribution in [0.25, 0.3) is 0 Å². The van der Waals surface area contributed by atoms with E-state index in [9.17, 15) is 8.42 Å². The maximum absolute atomic E-state index is 12.7. The number of sulfonamides is 1. The molecule has 3 rings (SSSR count). The first-order valence-corrected chi connectivity index (χ1v) is 11.6. The van der Waals surface area contributed by atoms with Crippen molar-refractivity contribution in [3.05, 3.63) is 60.2 Å². The van der Waals surface area contributed by atoms with Crippen molar-refractivity contribution in [3.63, 3.8) is 0 Å². The Morgan fingerprint density at radius 2 is 1.73 bits per heavy atom. The van der Waals surface area contributed by atoms with E-state index in [1.807, 2.05) is 30.3 Å². The summed E-state index contributed by atoms with van der Waals surface area (Å²) in [7, 11) is 0.00396. The Bertz CT molecular complexity index is 923. The number of ether oxygens (including phenoxy) is 1. The molecule has 8 heteroatoms. The largest absolute Gasteiger partial charge is 0.497 e. The molecule has 0 saturated carbocycles. The van der Waals surface area contributed by atoms with E-state index in [2.05, 4.69) is 15.6 Å². The molecular weight excluding hydrogens is 400 g/mol. The third-order valence-corrected chi connectivity index (χ3v) is 7.27. The second kappa shape index (κ2) is 10.4. The number of hydrogen-bond acceptors (Lipinski definition) is 4. The number of methoxy groups -OCH3 is 1. The second-order valence-electron chi connectivity index (χ2n) is 7.32. The Morgan fingerprint density at radius 1 is 1.07 bits per heavy atom. The predicted octanol–water partition coefficient (Wildman–Crippen LogP) is 2.46. The lowest BCUT2D eigenvalue weighted by atomic mass is 9.98. The normalized spacial score (nSPS) is 16.3. The molecule has 1 aliphatic rings. The fourth-order valence-electron chi connectivity index (χ4n) is 3.49. The molecule has 2 N–H and O–H groups in total. The smallest absolute Gasteiger partial charge is 0.243 e. The van der Waals surface area contributed by atoms with Crippen LogP contribution in [0.5, 0.6) is 5.75 Å². The fourth-order valence-corrected chi connectivity index (χ4v) is 4.98. The van der Waals surface area contributed by atoms with Crippen molar-refractivity contribution in [2.75, 3.05) is 33.8 Å². The lowest BCUT2D eigenvalue weighted by molar-refractivity contribution is 0.273. The summed E-state index contributed by atoms with van der Waals surface area (Å²) in [6.07, 6.45) is 1.66.